The summed E-state index contributed by atoms with van der Waals surface area (Å²) in [5.74, 6) is 0.923. The van der Waals surface area contributed by atoms with E-state index in [9.17, 15) is 13.2 Å². The van der Waals surface area contributed by atoms with E-state index in [-0.39, 0.29) is 30.4 Å². The highest BCUT2D eigenvalue weighted by Crippen LogP contribution is 2.16. The van der Waals surface area contributed by atoms with Crippen LogP contribution in [0, 0.1) is 0 Å². The zero-order valence-electron chi connectivity index (χ0n) is 15.0. The fourth-order valence-corrected chi connectivity index (χ4v) is 3.44. The monoisotopic (exact) mass is 400 g/mol. The molecule has 28 heavy (non-hydrogen) atoms. The Hall–Kier alpha value is -3.10. The van der Waals surface area contributed by atoms with Crippen molar-refractivity contribution in [3.05, 3.63) is 78.8 Å². The van der Waals surface area contributed by atoms with Crippen molar-refractivity contribution in [2.24, 2.45) is 0 Å². The highest BCUT2D eigenvalue weighted by molar-refractivity contribution is 7.89. The molecule has 0 spiro atoms. The predicted octanol–water partition coefficient (Wildman–Crippen LogP) is 3.17. The van der Waals surface area contributed by atoms with E-state index >= 15 is 0 Å². The second-order valence-corrected chi connectivity index (χ2v) is 7.66. The molecule has 8 heteroatoms. The summed E-state index contributed by atoms with van der Waals surface area (Å²) >= 11 is 0. The van der Waals surface area contributed by atoms with Crippen LogP contribution in [0.5, 0.6) is 5.75 Å². The molecule has 3 rings (SSSR count). The smallest absolute Gasteiger partial charge is 0.241 e. The van der Waals surface area contributed by atoms with Crippen LogP contribution in [0.15, 0.2) is 82.3 Å². The number of hydrogen-bond acceptors (Lipinski definition) is 5. The lowest BCUT2D eigenvalue weighted by atomic mass is 10.3. The van der Waals surface area contributed by atoms with Crippen LogP contribution >= 0.6 is 0 Å². The van der Waals surface area contributed by atoms with Crippen molar-refractivity contribution in [3.63, 3.8) is 0 Å². The molecule has 0 saturated heterocycles. The first-order valence-corrected chi connectivity index (χ1v) is 10.1. The van der Waals surface area contributed by atoms with E-state index in [4.69, 9.17) is 9.15 Å². The van der Waals surface area contributed by atoms with E-state index < -0.39 is 10.0 Å². The number of para-hydroxylation sites is 1. The van der Waals surface area contributed by atoms with Gasteiger partial charge in [-0.05, 0) is 42.5 Å². The third-order valence-corrected chi connectivity index (χ3v) is 5.18. The fraction of sp³-hybridized carbons (Fsp3) is 0.150. The lowest BCUT2D eigenvalue weighted by molar-refractivity contribution is -0.116. The van der Waals surface area contributed by atoms with Crippen molar-refractivity contribution in [3.8, 4) is 5.75 Å². The van der Waals surface area contributed by atoms with E-state index in [2.05, 4.69) is 10.0 Å². The van der Waals surface area contributed by atoms with E-state index in [1.807, 2.05) is 30.3 Å². The van der Waals surface area contributed by atoms with E-state index in [0.29, 0.717) is 17.2 Å². The molecule has 1 amide bonds. The summed E-state index contributed by atoms with van der Waals surface area (Å²) in [6.07, 6.45) is 1.61. The molecule has 7 nitrogen and oxygen atoms in total. The van der Waals surface area contributed by atoms with Crippen molar-refractivity contribution < 1.29 is 22.4 Å². The molecule has 2 N–H and O–H groups in total. The van der Waals surface area contributed by atoms with Crippen molar-refractivity contribution in [1.82, 2.24) is 4.72 Å². The van der Waals surface area contributed by atoms with Crippen LogP contribution in [-0.4, -0.2) is 20.9 Å². The Morgan fingerprint density at radius 1 is 1.00 bits per heavy atom. The average molecular weight is 400 g/mol. The van der Waals surface area contributed by atoms with Gasteiger partial charge in [-0.3, -0.25) is 4.79 Å². The largest absolute Gasteiger partial charge is 0.493 e. The Balaban J connectivity index is 1.54. The molecular weight excluding hydrogens is 380 g/mol. The minimum absolute atomic E-state index is 0.0444. The molecular formula is C20H20N2O5S. The summed E-state index contributed by atoms with van der Waals surface area (Å²) in [5.41, 5.74) is 0.394. The maximum absolute atomic E-state index is 12.4. The molecule has 1 heterocycles. The lowest BCUT2D eigenvalue weighted by Crippen LogP contribution is -2.23. The van der Waals surface area contributed by atoms with Gasteiger partial charge in [0.1, 0.15) is 11.5 Å². The van der Waals surface area contributed by atoms with Crippen LogP contribution in [0.3, 0.4) is 0 Å². The first-order chi connectivity index (χ1) is 13.5. The van der Waals surface area contributed by atoms with E-state index in [1.165, 1.54) is 18.4 Å². The van der Waals surface area contributed by atoms with Gasteiger partial charge in [0.05, 0.1) is 30.7 Å². The third-order valence-electron chi connectivity index (χ3n) is 3.79. The van der Waals surface area contributed by atoms with Gasteiger partial charge in [-0.1, -0.05) is 24.3 Å². The molecule has 0 atom stereocenters. The standard InChI is InChI=1S/C20H20N2O5S/c23-20(11-13-27-17-7-2-1-3-8-17)22-16-6-4-10-19(14-16)28(24,25)21-15-18-9-5-12-26-18/h1-10,12,14,21H,11,13,15H2,(H,22,23). The molecule has 3 aromatic rings. The normalized spacial score (nSPS) is 11.1. The Morgan fingerprint density at radius 3 is 2.57 bits per heavy atom. The molecule has 0 saturated carbocycles. The Labute approximate surface area is 163 Å². The van der Waals surface area contributed by atoms with Gasteiger partial charge in [-0.15, -0.1) is 0 Å². The van der Waals surface area contributed by atoms with Crippen molar-refractivity contribution in [1.29, 1.82) is 0 Å². The molecule has 0 radical (unpaired) electrons. The Morgan fingerprint density at radius 2 is 1.82 bits per heavy atom. The van der Waals surface area contributed by atoms with E-state index in [0.717, 1.165) is 0 Å². The van der Waals surface area contributed by atoms with Crippen LogP contribution in [0.2, 0.25) is 0 Å². The van der Waals surface area contributed by atoms with Crippen LogP contribution in [0.1, 0.15) is 12.2 Å². The zero-order chi connectivity index (χ0) is 19.8. The molecule has 0 fully saturated rings. The van der Waals surface area contributed by atoms with Crippen molar-refractivity contribution >= 4 is 21.6 Å². The number of amides is 1. The summed E-state index contributed by atoms with van der Waals surface area (Å²) in [4.78, 5) is 12.1. The van der Waals surface area contributed by atoms with Crippen LogP contribution in [0.4, 0.5) is 5.69 Å². The Bertz CT molecular complexity index is 1000. The van der Waals surface area contributed by atoms with Crippen LogP contribution < -0.4 is 14.8 Å². The summed E-state index contributed by atoms with van der Waals surface area (Å²) in [6, 6.07) is 18.6. The van der Waals surface area contributed by atoms with Gasteiger partial charge in [-0.2, -0.15) is 0 Å². The summed E-state index contributed by atoms with van der Waals surface area (Å²) in [7, 11) is -3.73. The zero-order valence-corrected chi connectivity index (χ0v) is 15.8. The molecule has 0 aliphatic heterocycles. The molecule has 0 aliphatic carbocycles. The number of furan rings is 1. The number of ether oxygens (including phenoxy) is 1. The first kappa shape index (κ1) is 19.7. The van der Waals surface area contributed by atoms with Gasteiger partial charge >= 0.3 is 0 Å². The van der Waals surface area contributed by atoms with Crippen LogP contribution in [-0.2, 0) is 21.4 Å². The minimum Gasteiger partial charge on any atom is -0.493 e. The number of sulfonamides is 1. The highest BCUT2D eigenvalue weighted by atomic mass is 32.2. The predicted molar refractivity (Wildman–Crippen MR) is 104 cm³/mol. The average Bonchev–Trinajstić information content (AvgIpc) is 3.21. The fourth-order valence-electron chi connectivity index (χ4n) is 2.41. The number of carbonyl (C=O) groups is 1. The van der Waals surface area contributed by atoms with Gasteiger partial charge < -0.3 is 14.5 Å². The SMILES string of the molecule is O=C(CCOc1ccccc1)Nc1cccc(S(=O)(=O)NCc2ccco2)c1. The number of anilines is 1. The molecule has 0 unspecified atom stereocenters. The minimum atomic E-state index is -3.73. The van der Waals surface area contributed by atoms with Gasteiger partial charge in [-0.25, -0.2) is 13.1 Å². The van der Waals surface area contributed by atoms with Crippen molar-refractivity contribution in [2.45, 2.75) is 17.9 Å². The topological polar surface area (TPSA) is 97.6 Å². The first-order valence-electron chi connectivity index (χ1n) is 8.63. The van der Waals surface area contributed by atoms with Crippen LogP contribution in [0.25, 0.3) is 0 Å². The molecule has 0 bridgehead atoms. The summed E-state index contributed by atoms with van der Waals surface area (Å²) in [5, 5.41) is 2.68. The molecule has 0 aliphatic rings. The molecule has 1 aromatic heterocycles. The lowest BCUT2D eigenvalue weighted by Gasteiger charge is -2.09. The summed E-state index contributed by atoms with van der Waals surface area (Å²) < 4.78 is 37.9. The number of nitrogens with one attached hydrogen (secondary N) is 2. The van der Waals surface area contributed by atoms with E-state index in [1.54, 1.807) is 24.3 Å². The van der Waals surface area contributed by atoms with Gasteiger partial charge in [0.15, 0.2) is 0 Å². The maximum Gasteiger partial charge on any atom is 0.241 e. The highest BCUT2D eigenvalue weighted by Gasteiger charge is 2.15. The molecule has 146 valence electrons. The number of rotatable bonds is 9. The summed E-state index contributed by atoms with van der Waals surface area (Å²) in [6.45, 7) is 0.265. The number of benzene rings is 2. The molecule has 2 aromatic carbocycles. The number of hydrogen-bond donors (Lipinski definition) is 2. The maximum atomic E-state index is 12.4. The second kappa shape index (κ2) is 9.20. The quantitative estimate of drug-likeness (QED) is 0.575. The Kier molecular flexibility index (Phi) is 6.46. The number of carbonyl (C=O) groups excluding carboxylic acids is 1. The van der Waals surface area contributed by atoms with Gasteiger partial charge in [0, 0.05) is 5.69 Å². The van der Waals surface area contributed by atoms with Gasteiger partial charge in [0.25, 0.3) is 0 Å². The van der Waals surface area contributed by atoms with Gasteiger partial charge in [0.2, 0.25) is 15.9 Å². The second-order valence-electron chi connectivity index (χ2n) is 5.89. The van der Waals surface area contributed by atoms with Crippen molar-refractivity contribution in [2.75, 3.05) is 11.9 Å². The third kappa shape index (κ3) is 5.70.